The number of rotatable bonds is 6. The highest BCUT2D eigenvalue weighted by Crippen LogP contribution is 2.41. The van der Waals surface area contributed by atoms with E-state index in [0.717, 1.165) is 25.9 Å². The van der Waals surface area contributed by atoms with Crippen LogP contribution < -0.4 is 5.32 Å². The summed E-state index contributed by atoms with van der Waals surface area (Å²) in [7, 11) is 0. The van der Waals surface area contributed by atoms with Crippen LogP contribution in [0.1, 0.15) is 30.9 Å². The molecule has 4 nitrogen and oxygen atoms in total. The molecule has 0 aromatic heterocycles. The molecule has 1 heterocycles. The molecule has 0 amide bonds. The van der Waals surface area contributed by atoms with E-state index in [4.69, 9.17) is 0 Å². The minimum absolute atomic E-state index is 0.281. The van der Waals surface area contributed by atoms with E-state index in [-0.39, 0.29) is 5.92 Å². The quantitative estimate of drug-likeness (QED) is 0.831. The average Bonchev–Trinajstić information content (AvgIpc) is 3.19. The Labute approximate surface area is 119 Å². The van der Waals surface area contributed by atoms with E-state index in [1.54, 1.807) is 0 Å². The van der Waals surface area contributed by atoms with Crippen molar-refractivity contribution in [2.24, 2.45) is 5.92 Å². The number of hydrogen-bond donors (Lipinski definition) is 2. The fourth-order valence-electron chi connectivity index (χ4n) is 3.41. The number of carbonyl (C=O) groups is 1. The second-order valence-electron chi connectivity index (χ2n) is 5.99. The van der Waals surface area contributed by atoms with Crippen LogP contribution in [-0.2, 0) is 17.9 Å². The van der Waals surface area contributed by atoms with Crippen molar-refractivity contribution in [2.75, 3.05) is 13.1 Å². The van der Waals surface area contributed by atoms with Gasteiger partial charge in [-0.15, -0.1) is 0 Å². The number of aliphatic carboxylic acids is 1. The Morgan fingerprint density at radius 2 is 1.95 bits per heavy atom. The van der Waals surface area contributed by atoms with Gasteiger partial charge < -0.3 is 10.4 Å². The third kappa shape index (κ3) is 2.34. The van der Waals surface area contributed by atoms with Crippen molar-refractivity contribution in [3.05, 3.63) is 35.4 Å². The minimum atomic E-state index is -0.767. The van der Waals surface area contributed by atoms with Crippen LogP contribution in [0, 0.1) is 5.92 Å². The van der Waals surface area contributed by atoms with Gasteiger partial charge in [0, 0.05) is 19.6 Å². The molecule has 108 valence electrons. The van der Waals surface area contributed by atoms with E-state index in [2.05, 4.69) is 34.5 Å². The van der Waals surface area contributed by atoms with Gasteiger partial charge in [-0.25, -0.2) is 0 Å². The predicted molar refractivity (Wildman–Crippen MR) is 77.3 cm³/mol. The lowest BCUT2D eigenvalue weighted by Gasteiger charge is -2.34. The van der Waals surface area contributed by atoms with E-state index in [1.165, 1.54) is 11.1 Å². The Morgan fingerprint density at radius 3 is 2.40 bits per heavy atom. The van der Waals surface area contributed by atoms with Crippen LogP contribution in [0.25, 0.3) is 0 Å². The Balaban J connectivity index is 1.77. The monoisotopic (exact) mass is 274 g/mol. The summed E-state index contributed by atoms with van der Waals surface area (Å²) < 4.78 is 0. The smallest absolute Gasteiger partial charge is 0.325 e. The number of carboxylic acid groups (broad SMARTS) is 1. The van der Waals surface area contributed by atoms with Gasteiger partial charge in [-0.05, 0) is 36.4 Å². The van der Waals surface area contributed by atoms with Crippen LogP contribution in [0.3, 0.4) is 0 Å². The molecule has 0 bridgehead atoms. The fourth-order valence-corrected chi connectivity index (χ4v) is 3.41. The van der Waals surface area contributed by atoms with Crippen molar-refractivity contribution in [1.29, 1.82) is 0 Å². The summed E-state index contributed by atoms with van der Waals surface area (Å²) in [4.78, 5) is 14.1. The Kier molecular flexibility index (Phi) is 3.52. The number of hydrogen-bond acceptors (Lipinski definition) is 3. The van der Waals surface area contributed by atoms with Crippen LogP contribution in [0.5, 0.6) is 0 Å². The lowest BCUT2D eigenvalue weighted by molar-refractivity contribution is -0.147. The van der Waals surface area contributed by atoms with Crippen molar-refractivity contribution in [3.8, 4) is 0 Å². The van der Waals surface area contributed by atoms with Gasteiger partial charge in [0.1, 0.15) is 5.54 Å². The zero-order chi connectivity index (χ0) is 14.2. The van der Waals surface area contributed by atoms with Crippen molar-refractivity contribution in [2.45, 2.75) is 38.4 Å². The molecule has 1 aromatic carbocycles. The molecule has 2 N–H and O–H groups in total. The number of carboxylic acids is 1. The van der Waals surface area contributed by atoms with E-state index < -0.39 is 11.5 Å². The molecule has 1 aliphatic carbocycles. The first-order valence-electron chi connectivity index (χ1n) is 7.43. The minimum Gasteiger partial charge on any atom is -0.480 e. The summed E-state index contributed by atoms with van der Waals surface area (Å²) in [6.45, 7) is 5.00. The van der Waals surface area contributed by atoms with Crippen LogP contribution in [-0.4, -0.2) is 34.6 Å². The normalized spacial score (nSPS) is 21.4. The van der Waals surface area contributed by atoms with Crippen LogP contribution >= 0.6 is 0 Å². The number of fused-ring (bicyclic) bond motifs is 1. The standard InChI is InChI=1S/C16H22N2O2/c1-2-17-16(15(19)20,14-7-8-14)11-18-9-12-5-3-4-6-13(12)10-18/h3-6,14,17H,2,7-11H2,1H3,(H,19,20). The summed E-state index contributed by atoms with van der Waals surface area (Å²) in [5, 5.41) is 13.0. The van der Waals surface area contributed by atoms with Crippen molar-refractivity contribution < 1.29 is 9.90 Å². The van der Waals surface area contributed by atoms with E-state index in [0.29, 0.717) is 13.1 Å². The van der Waals surface area contributed by atoms with Gasteiger partial charge in [0.2, 0.25) is 0 Å². The topological polar surface area (TPSA) is 52.6 Å². The number of nitrogens with zero attached hydrogens (tertiary/aromatic N) is 1. The molecule has 20 heavy (non-hydrogen) atoms. The molecule has 0 radical (unpaired) electrons. The lowest BCUT2D eigenvalue weighted by atomic mass is 9.92. The molecule has 4 heteroatoms. The van der Waals surface area contributed by atoms with Gasteiger partial charge in [-0.1, -0.05) is 31.2 Å². The molecular weight excluding hydrogens is 252 g/mol. The van der Waals surface area contributed by atoms with E-state index in [9.17, 15) is 9.90 Å². The van der Waals surface area contributed by atoms with Gasteiger partial charge >= 0.3 is 5.97 Å². The van der Waals surface area contributed by atoms with Gasteiger partial charge in [0.05, 0.1) is 0 Å². The first-order chi connectivity index (χ1) is 9.65. The lowest BCUT2D eigenvalue weighted by Crippen LogP contribution is -2.60. The van der Waals surface area contributed by atoms with Crippen LogP contribution in [0.4, 0.5) is 0 Å². The molecule has 1 saturated carbocycles. The third-order valence-corrected chi connectivity index (χ3v) is 4.53. The van der Waals surface area contributed by atoms with Crippen molar-refractivity contribution in [1.82, 2.24) is 10.2 Å². The second-order valence-corrected chi connectivity index (χ2v) is 5.99. The Bertz CT molecular complexity index is 488. The van der Waals surface area contributed by atoms with Crippen LogP contribution in [0.2, 0.25) is 0 Å². The molecule has 1 aliphatic heterocycles. The largest absolute Gasteiger partial charge is 0.480 e. The van der Waals surface area contributed by atoms with Crippen LogP contribution in [0.15, 0.2) is 24.3 Å². The molecule has 1 aromatic rings. The molecule has 1 atom stereocenters. The zero-order valence-electron chi connectivity index (χ0n) is 11.9. The molecule has 0 spiro atoms. The summed E-state index contributed by atoms with van der Waals surface area (Å²) in [5.41, 5.74) is 1.90. The van der Waals surface area contributed by atoms with Crippen molar-refractivity contribution in [3.63, 3.8) is 0 Å². The SMILES string of the molecule is CCNC(CN1Cc2ccccc2C1)(C(=O)O)C1CC1. The maximum atomic E-state index is 11.9. The highest BCUT2D eigenvalue weighted by Gasteiger charge is 2.51. The fraction of sp³-hybridized carbons (Fsp3) is 0.562. The maximum absolute atomic E-state index is 11.9. The highest BCUT2D eigenvalue weighted by molar-refractivity contribution is 5.80. The molecular formula is C16H22N2O2. The second kappa shape index (κ2) is 5.19. The van der Waals surface area contributed by atoms with Gasteiger partial charge in [-0.3, -0.25) is 9.69 Å². The summed E-state index contributed by atoms with van der Waals surface area (Å²) in [6.07, 6.45) is 2.06. The first-order valence-corrected chi connectivity index (χ1v) is 7.43. The zero-order valence-corrected chi connectivity index (χ0v) is 11.9. The molecule has 0 saturated heterocycles. The molecule has 1 fully saturated rings. The molecule has 1 unspecified atom stereocenters. The summed E-state index contributed by atoms with van der Waals surface area (Å²) in [5.74, 6) is -0.415. The Hall–Kier alpha value is -1.39. The first kappa shape index (κ1) is 13.6. The Morgan fingerprint density at radius 1 is 1.35 bits per heavy atom. The van der Waals surface area contributed by atoms with Gasteiger partial charge in [0.25, 0.3) is 0 Å². The van der Waals surface area contributed by atoms with E-state index >= 15 is 0 Å². The molecule has 3 rings (SSSR count). The molecule has 2 aliphatic rings. The average molecular weight is 274 g/mol. The number of benzene rings is 1. The van der Waals surface area contributed by atoms with Gasteiger partial charge in [0.15, 0.2) is 0 Å². The number of likely N-dealkylation sites (N-methyl/N-ethyl adjacent to an activating group) is 1. The predicted octanol–water partition coefficient (Wildman–Crippen LogP) is 1.85. The number of nitrogens with one attached hydrogen (secondary N) is 1. The summed E-state index contributed by atoms with van der Waals surface area (Å²) >= 11 is 0. The third-order valence-electron chi connectivity index (χ3n) is 4.53. The summed E-state index contributed by atoms with van der Waals surface area (Å²) in [6, 6.07) is 8.39. The maximum Gasteiger partial charge on any atom is 0.325 e. The van der Waals surface area contributed by atoms with E-state index in [1.807, 2.05) is 6.92 Å². The highest BCUT2D eigenvalue weighted by atomic mass is 16.4. The van der Waals surface area contributed by atoms with Gasteiger partial charge in [-0.2, -0.15) is 0 Å². The van der Waals surface area contributed by atoms with Crippen molar-refractivity contribution >= 4 is 5.97 Å².